The topological polar surface area (TPSA) is 90.9 Å². The molecule has 3 heterocycles. The number of carbonyl (C=O) groups excluding carboxylic acids is 2. The van der Waals surface area contributed by atoms with Gasteiger partial charge in [-0.1, -0.05) is 19.9 Å². The molecule has 1 aromatic heterocycles. The molecule has 1 aromatic carbocycles. The van der Waals surface area contributed by atoms with Gasteiger partial charge in [0.15, 0.2) is 5.78 Å². The van der Waals surface area contributed by atoms with Crippen molar-refractivity contribution in [1.82, 2.24) is 9.88 Å². The van der Waals surface area contributed by atoms with E-state index in [9.17, 15) is 18.0 Å². The minimum atomic E-state index is -3.37. The van der Waals surface area contributed by atoms with Gasteiger partial charge in [-0.05, 0) is 49.1 Å². The van der Waals surface area contributed by atoms with Crippen LogP contribution < -0.4 is 9.21 Å². The number of nitrogens with zero attached hydrogens (tertiary/aromatic N) is 4. The van der Waals surface area contributed by atoms with Crippen LogP contribution in [0.1, 0.15) is 58.5 Å². The molecule has 9 heteroatoms. The van der Waals surface area contributed by atoms with Crippen LogP contribution in [0.5, 0.6) is 0 Å². The van der Waals surface area contributed by atoms with Gasteiger partial charge in [0.2, 0.25) is 10.0 Å². The number of hydrogen-bond acceptors (Lipinski definition) is 6. The zero-order valence-electron chi connectivity index (χ0n) is 20.1. The Morgan fingerprint density at radius 1 is 1.00 bits per heavy atom. The Bertz CT molecular complexity index is 1200. The van der Waals surface area contributed by atoms with Crippen molar-refractivity contribution >= 4 is 33.2 Å². The van der Waals surface area contributed by atoms with E-state index in [0.717, 1.165) is 17.8 Å². The summed E-state index contributed by atoms with van der Waals surface area (Å²) in [4.78, 5) is 34.7. The molecule has 2 aromatic rings. The van der Waals surface area contributed by atoms with Crippen LogP contribution in [0.15, 0.2) is 30.5 Å². The number of rotatable bonds is 6. The van der Waals surface area contributed by atoms with Crippen LogP contribution in [0.3, 0.4) is 0 Å². The van der Waals surface area contributed by atoms with E-state index in [1.807, 2.05) is 6.20 Å². The summed E-state index contributed by atoms with van der Waals surface area (Å²) in [7, 11) is -3.37. The fourth-order valence-corrected chi connectivity index (χ4v) is 6.22. The normalized spacial score (nSPS) is 17.8. The van der Waals surface area contributed by atoms with Crippen molar-refractivity contribution in [3.8, 4) is 0 Å². The van der Waals surface area contributed by atoms with Crippen molar-refractivity contribution in [3.63, 3.8) is 0 Å². The Morgan fingerprint density at radius 3 is 2.32 bits per heavy atom. The van der Waals surface area contributed by atoms with Gasteiger partial charge in [-0.3, -0.25) is 13.9 Å². The Hall–Kier alpha value is -2.94. The van der Waals surface area contributed by atoms with Crippen LogP contribution in [-0.4, -0.2) is 68.5 Å². The van der Waals surface area contributed by atoms with Crippen molar-refractivity contribution in [2.24, 2.45) is 0 Å². The van der Waals surface area contributed by atoms with Gasteiger partial charge >= 0.3 is 0 Å². The van der Waals surface area contributed by atoms with Crippen LogP contribution in [0.25, 0.3) is 0 Å². The van der Waals surface area contributed by atoms with Gasteiger partial charge in [-0.25, -0.2) is 13.4 Å². The third-order valence-corrected chi connectivity index (χ3v) is 8.49. The second-order valence-electron chi connectivity index (χ2n) is 8.87. The van der Waals surface area contributed by atoms with Gasteiger partial charge in [0, 0.05) is 50.9 Å². The van der Waals surface area contributed by atoms with Crippen LogP contribution in [0.2, 0.25) is 0 Å². The molecule has 1 amide bonds. The smallest absolute Gasteiger partial charge is 0.254 e. The van der Waals surface area contributed by atoms with E-state index >= 15 is 0 Å². The SMILES string of the molecule is CCC(=O)c1cc(N2CCCS2(=O)=O)ccc1C(=O)N1CCN(c2ncc(CC)cc2C)CC1. The molecule has 2 aliphatic rings. The molecule has 0 spiro atoms. The average molecular weight is 485 g/mol. The Morgan fingerprint density at radius 2 is 1.74 bits per heavy atom. The van der Waals surface area contributed by atoms with Crippen molar-refractivity contribution in [3.05, 3.63) is 52.7 Å². The highest BCUT2D eigenvalue weighted by Gasteiger charge is 2.31. The van der Waals surface area contributed by atoms with Crippen molar-refractivity contribution in [2.75, 3.05) is 47.7 Å². The fourth-order valence-electron chi connectivity index (χ4n) is 4.67. The number of piperazine rings is 1. The predicted molar refractivity (Wildman–Crippen MR) is 133 cm³/mol. The second-order valence-corrected chi connectivity index (χ2v) is 10.9. The molecule has 182 valence electrons. The summed E-state index contributed by atoms with van der Waals surface area (Å²) in [5, 5.41) is 0. The lowest BCUT2D eigenvalue weighted by atomic mass is 9.99. The Balaban J connectivity index is 1.53. The van der Waals surface area contributed by atoms with Crippen molar-refractivity contribution in [2.45, 2.75) is 40.0 Å². The molecule has 34 heavy (non-hydrogen) atoms. The van der Waals surface area contributed by atoms with E-state index in [-0.39, 0.29) is 23.9 Å². The Kier molecular flexibility index (Phi) is 6.93. The molecular weight excluding hydrogens is 452 g/mol. The standard InChI is InChI=1S/C25H32N4O4S/c1-4-19-15-18(3)24(26-17-19)27-10-12-28(13-11-27)25(31)21-8-7-20(16-22(21)23(30)5-2)29-9-6-14-34(29,32)33/h7-8,15-17H,4-6,9-14H2,1-3H3. The summed E-state index contributed by atoms with van der Waals surface area (Å²) in [5.74, 6) is 0.682. The van der Waals surface area contributed by atoms with Gasteiger partial charge in [-0.2, -0.15) is 0 Å². The maximum Gasteiger partial charge on any atom is 0.254 e. The maximum atomic E-state index is 13.4. The number of benzene rings is 1. The Labute approximate surface area is 201 Å². The summed E-state index contributed by atoms with van der Waals surface area (Å²) in [6, 6.07) is 6.97. The molecule has 0 radical (unpaired) electrons. The van der Waals surface area contributed by atoms with Crippen LogP contribution >= 0.6 is 0 Å². The zero-order chi connectivity index (χ0) is 24.5. The number of ketones is 1. The number of Topliss-reactive ketones (excluding diaryl/α,β-unsaturated/α-hetero) is 1. The quantitative estimate of drug-likeness (QED) is 0.586. The minimum Gasteiger partial charge on any atom is -0.353 e. The highest BCUT2D eigenvalue weighted by Crippen LogP contribution is 2.28. The second kappa shape index (κ2) is 9.74. The first-order valence-electron chi connectivity index (χ1n) is 11.9. The summed E-state index contributed by atoms with van der Waals surface area (Å²) in [5.41, 5.74) is 3.41. The average Bonchev–Trinajstić information content (AvgIpc) is 3.21. The number of pyridine rings is 1. The van der Waals surface area contributed by atoms with Crippen LogP contribution in [-0.2, 0) is 16.4 Å². The predicted octanol–water partition coefficient (Wildman–Crippen LogP) is 3.05. The van der Waals surface area contributed by atoms with Gasteiger partial charge in [0.25, 0.3) is 5.91 Å². The number of amides is 1. The monoisotopic (exact) mass is 484 g/mol. The highest BCUT2D eigenvalue weighted by atomic mass is 32.2. The molecule has 0 unspecified atom stereocenters. The molecule has 2 saturated heterocycles. The number of carbonyl (C=O) groups is 2. The zero-order valence-corrected chi connectivity index (χ0v) is 20.9. The first kappa shape index (κ1) is 24.2. The fraction of sp³-hybridized carbons (Fsp3) is 0.480. The van der Waals surface area contributed by atoms with E-state index in [0.29, 0.717) is 56.0 Å². The molecule has 0 bridgehead atoms. The first-order valence-corrected chi connectivity index (χ1v) is 13.5. The van der Waals surface area contributed by atoms with Gasteiger partial charge in [-0.15, -0.1) is 0 Å². The van der Waals surface area contributed by atoms with Gasteiger partial charge < -0.3 is 9.80 Å². The highest BCUT2D eigenvalue weighted by molar-refractivity contribution is 7.93. The number of aromatic nitrogens is 1. The summed E-state index contributed by atoms with van der Waals surface area (Å²) in [6.45, 7) is 8.67. The number of hydrogen-bond donors (Lipinski definition) is 0. The molecule has 0 aliphatic carbocycles. The van der Waals surface area contributed by atoms with E-state index < -0.39 is 10.0 Å². The van der Waals surface area contributed by atoms with Crippen molar-refractivity contribution < 1.29 is 18.0 Å². The molecule has 4 rings (SSSR count). The lowest BCUT2D eigenvalue weighted by Gasteiger charge is -2.36. The third kappa shape index (κ3) is 4.66. The molecule has 0 atom stereocenters. The molecule has 2 aliphatic heterocycles. The lowest BCUT2D eigenvalue weighted by Crippen LogP contribution is -2.49. The summed E-state index contributed by atoms with van der Waals surface area (Å²) in [6.07, 6.45) is 3.64. The van der Waals surface area contributed by atoms with Crippen LogP contribution in [0.4, 0.5) is 11.5 Å². The van der Waals surface area contributed by atoms with E-state index in [1.54, 1.807) is 30.0 Å². The third-order valence-electron chi connectivity index (χ3n) is 6.62. The van der Waals surface area contributed by atoms with Gasteiger partial charge in [0.05, 0.1) is 17.0 Å². The summed E-state index contributed by atoms with van der Waals surface area (Å²) < 4.78 is 26.0. The van der Waals surface area contributed by atoms with Gasteiger partial charge in [0.1, 0.15) is 5.82 Å². The van der Waals surface area contributed by atoms with E-state index in [2.05, 4.69) is 29.8 Å². The number of anilines is 2. The van der Waals surface area contributed by atoms with E-state index in [4.69, 9.17) is 0 Å². The number of aryl methyl sites for hydroxylation is 2. The maximum absolute atomic E-state index is 13.4. The van der Waals surface area contributed by atoms with E-state index in [1.165, 1.54) is 9.87 Å². The van der Waals surface area contributed by atoms with Crippen molar-refractivity contribution in [1.29, 1.82) is 0 Å². The largest absolute Gasteiger partial charge is 0.353 e. The molecule has 8 nitrogen and oxygen atoms in total. The minimum absolute atomic E-state index is 0.102. The molecular formula is C25H32N4O4S. The summed E-state index contributed by atoms with van der Waals surface area (Å²) >= 11 is 0. The molecule has 0 saturated carbocycles. The molecule has 2 fully saturated rings. The first-order chi connectivity index (χ1) is 16.2. The van der Waals surface area contributed by atoms with Crippen LogP contribution in [0, 0.1) is 6.92 Å². The number of sulfonamides is 1. The molecule has 0 N–H and O–H groups in total. The lowest BCUT2D eigenvalue weighted by molar-refractivity contribution is 0.0741.